The second-order valence-corrected chi connectivity index (χ2v) is 10.3. The van der Waals surface area contributed by atoms with Crippen LogP contribution >= 0.6 is 15.9 Å². The number of rotatable bonds is 3. The molecule has 1 atom stereocenters. The smallest absolute Gasteiger partial charge is 0.300 e. The number of hydrogen-bond acceptors (Lipinski definition) is 3. The highest BCUT2D eigenvalue weighted by Crippen LogP contribution is 2.43. The second kappa shape index (κ2) is 8.64. The molecule has 0 spiro atoms. The predicted octanol–water partition coefficient (Wildman–Crippen LogP) is 6.68. The van der Waals surface area contributed by atoms with Crippen molar-refractivity contribution < 1.29 is 14.7 Å². The van der Waals surface area contributed by atoms with Gasteiger partial charge in [0.25, 0.3) is 11.7 Å². The molecule has 0 aliphatic carbocycles. The summed E-state index contributed by atoms with van der Waals surface area (Å²) in [5, 5.41) is 11.5. The van der Waals surface area contributed by atoms with E-state index in [0.29, 0.717) is 11.3 Å². The van der Waals surface area contributed by atoms with Gasteiger partial charge in [-0.2, -0.15) is 0 Å². The number of aliphatic hydroxyl groups is 1. The zero-order valence-electron chi connectivity index (χ0n) is 19.1. The van der Waals surface area contributed by atoms with Crippen LogP contribution in [0.25, 0.3) is 5.76 Å². The molecule has 4 nitrogen and oxygen atoms in total. The molecule has 1 saturated heterocycles. The molecule has 4 rings (SSSR count). The van der Waals surface area contributed by atoms with Crippen LogP contribution < -0.4 is 4.90 Å². The van der Waals surface area contributed by atoms with Crippen molar-refractivity contribution in [3.05, 3.63) is 105 Å². The number of benzene rings is 3. The number of carbonyl (C=O) groups excluding carboxylic acids is 2. The molecule has 1 aliphatic rings. The first kappa shape index (κ1) is 23.0. The van der Waals surface area contributed by atoms with Gasteiger partial charge in [0.15, 0.2) is 0 Å². The normalized spacial score (nSPS) is 18.1. The van der Waals surface area contributed by atoms with Gasteiger partial charge in [0.1, 0.15) is 5.76 Å². The first-order chi connectivity index (χ1) is 15.6. The van der Waals surface area contributed by atoms with Gasteiger partial charge in [-0.1, -0.05) is 79.2 Å². The van der Waals surface area contributed by atoms with Crippen LogP contribution in [0, 0.1) is 6.92 Å². The Hall–Kier alpha value is -3.18. The molecule has 3 aromatic rings. The van der Waals surface area contributed by atoms with Gasteiger partial charge >= 0.3 is 0 Å². The van der Waals surface area contributed by atoms with Gasteiger partial charge in [-0.3, -0.25) is 14.5 Å². The van der Waals surface area contributed by atoms with Crippen molar-refractivity contribution in [2.24, 2.45) is 0 Å². The Labute approximate surface area is 202 Å². The van der Waals surface area contributed by atoms with Crippen molar-refractivity contribution in [3.8, 4) is 0 Å². The molecule has 0 bridgehead atoms. The molecule has 1 unspecified atom stereocenters. The SMILES string of the molecule is Cc1ccc(C(C)(C)C)cc1/C(O)=C1\C(=O)C(=O)N(c2ccc(Br)cc2)C1c1ccccc1. The van der Waals surface area contributed by atoms with Crippen LogP contribution in [0.3, 0.4) is 0 Å². The van der Waals surface area contributed by atoms with E-state index in [1.807, 2.05) is 67.6 Å². The van der Waals surface area contributed by atoms with Gasteiger partial charge in [-0.15, -0.1) is 0 Å². The van der Waals surface area contributed by atoms with Crippen LogP contribution in [0.4, 0.5) is 5.69 Å². The Bertz CT molecular complexity index is 1250. The number of aliphatic hydroxyl groups excluding tert-OH is 1. The summed E-state index contributed by atoms with van der Waals surface area (Å²) in [7, 11) is 0. The summed E-state index contributed by atoms with van der Waals surface area (Å²) in [6, 6.07) is 21.7. The van der Waals surface area contributed by atoms with Crippen LogP contribution in [0.2, 0.25) is 0 Å². The maximum absolute atomic E-state index is 13.3. The summed E-state index contributed by atoms with van der Waals surface area (Å²) in [6.45, 7) is 8.18. The van der Waals surface area contributed by atoms with Crippen molar-refractivity contribution in [3.63, 3.8) is 0 Å². The summed E-state index contributed by atoms with van der Waals surface area (Å²) >= 11 is 3.42. The van der Waals surface area contributed by atoms with Gasteiger partial charge in [0.2, 0.25) is 0 Å². The quantitative estimate of drug-likeness (QED) is 0.246. The van der Waals surface area contributed by atoms with E-state index in [-0.39, 0.29) is 16.7 Å². The third-order valence-electron chi connectivity index (χ3n) is 6.02. The Morgan fingerprint density at radius 3 is 2.18 bits per heavy atom. The third kappa shape index (κ3) is 4.25. The lowest BCUT2D eigenvalue weighted by atomic mass is 9.84. The highest BCUT2D eigenvalue weighted by molar-refractivity contribution is 9.10. The van der Waals surface area contributed by atoms with E-state index < -0.39 is 17.7 Å². The molecule has 0 aromatic heterocycles. The summed E-state index contributed by atoms with van der Waals surface area (Å²) in [5.41, 5.74) is 3.75. The molecule has 0 radical (unpaired) electrons. The number of halogens is 1. The lowest BCUT2D eigenvalue weighted by Gasteiger charge is -2.26. The van der Waals surface area contributed by atoms with Crippen LogP contribution in [-0.2, 0) is 15.0 Å². The van der Waals surface area contributed by atoms with E-state index in [1.54, 1.807) is 12.1 Å². The number of amides is 1. The molecule has 1 N–H and O–H groups in total. The second-order valence-electron chi connectivity index (χ2n) is 9.34. The molecule has 5 heteroatoms. The maximum atomic E-state index is 13.3. The Morgan fingerprint density at radius 1 is 0.939 bits per heavy atom. The van der Waals surface area contributed by atoms with E-state index in [1.165, 1.54) is 4.90 Å². The average Bonchev–Trinajstić information content (AvgIpc) is 3.05. The van der Waals surface area contributed by atoms with E-state index in [4.69, 9.17) is 0 Å². The first-order valence-electron chi connectivity index (χ1n) is 10.8. The minimum Gasteiger partial charge on any atom is -0.507 e. The van der Waals surface area contributed by atoms with Gasteiger partial charge < -0.3 is 5.11 Å². The van der Waals surface area contributed by atoms with Crippen molar-refractivity contribution >= 4 is 39.1 Å². The molecule has 1 heterocycles. The fourth-order valence-corrected chi connectivity index (χ4v) is 4.40. The molecule has 1 aliphatic heterocycles. The van der Waals surface area contributed by atoms with Crippen LogP contribution in [0.1, 0.15) is 49.1 Å². The van der Waals surface area contributed by atoms with Gasteiger partial charge in [0.05, 0.1) is 11.6 Å². The molecule has 33 heavy (non-hydrogen) atoms. The summed E-state index contributed by atoms with van der Waals surface area (Å²) in [5.74, 6) is -1.49. The molecule has 0 saturated carbocycles. The van der Waals surface area contributed by atoms with Gasteiger partial charge in [0, 0.05) is 15.7 Å². The van der Waals surface area contributed by atoms with Crippen LogP contribution in [0.15, 0.2) is 82.8 Å². The number of Topliss-reactive ketones (excluding diaryl/α,β-unsaturated/α-hetero) is 1. The van der Waals surface area contributed by atoms with E-state index in [0.717, 1.165) is 21.2 Å². The maximum Gasteiger partial charge on any atom is 0.300 e. The first-order valence-corrected chi connectivity index (χ1v) is 11.6. The topological polar surface area (TPSA) is 57.6 Å². The fourth-order valence-electron chi connectivity index (χ4n) is 4.14. The van der Waals surface area contributed by atoms with Crippen molar-refractivity contribution in [2.75, 3.05) is 4.90 Å². The largest absolute Gasteiger partial charge is 0.507 e. The van der Waals surface area contributed by atoms with E-state index in [2.05, 4.69) is 36.7 Å². The minimum absolute atomic E-state index is 0.100. The molecule has 1 amide bonds. The summed E-state index contributed by atoms with van der Waals surface area (Å²) < 4.78 is 0.869. The van der Waals surface area contributed by atoms with Gasteiger partial charge in [-0.05, 0) is 59.4 Å². The third-order valence-corrected chi connectivity index (χ3v) is 6.55. The number of hydrogen-bond donors (Lipinski definition) is 1. The van der Waals surface area contributed by atoms with Crippen molar-refractivity contribution in [2.45, 2.75) is 39.2 Å². The average molecular weight is 504 g/mol. The molecular weight excluding hydrogens is 478 g/mol. The Morgan fingerprint density at radius 2 is 1.58 bits per heavy atom. The van der Waals surface area contributed by atoms with Crippen molar-refractivity contribution in [1.29, 1.82) is 0 Å². The lowest BCUT2D eigenvalue weighted by molar-refractivity contribution is -0.132. The predicted molar refractivity (Wildman–Crippen MR) is 135 cm³/mol. The monoisotopic (exact) mass is 503 g/mol. The van der Waals surface area contributed by atoms with Crippen LogP contribution in [-0.4, -0.2) is 16.8 Å². The van der Waals surface area contributed by atoms with Crippen molar-refractivity contribution in [1.82, 2.24) is 0 Å². The Balaban J connectivity index is 1.96. The number of ketones is 1. The molecule has 1 fully saturated rings. The van der Waals surface area contributed by atoms with Gasteiger partial charge in [-0.25, -0.2) is 0 Å². The highest BCUT2D eigenvalue weighted by atomic mass is 79.9. The zero-order valence-corrected chi connectivity index (χ0v) is 20.7. The number of aryl methyl sites for hydroxylation is 1. The minimum atomic E-state index is -0.731. The number of nitrogens with zero attached hydrogens (tertiary/aromatic N) is 1. The highest BCUT2D eigenvalue weighted by Gasteiger charge is 2.47. The zero-order chi connectivity index (χ0) is 23.9. The molecule has 3 aromatic carbocycles. The van der Waals surface area contributed by atoms with E-state index in [9.17, 15) is 14.7 Å². The van der Waals surface area contributed by atoms with E-state index >= 15 is 0 Å². The summed E-state index contributed by atoms with van der Waals surface area (Å²) in [4.78, 5) is 28.1. The number of anilines is 1. The standard InChI is InChI=1S/C28H26BrNO3/c1-17-10-11-19(28(2,3)4)16-22(17)25(31)23-24(18-8-6-5-7-9-18)30(27(33)26(23)32)21-14-12-20(29)13-15-21/h5-16,24,31H,1-4H3/b25-23+. The molecule has 168 valence electrons. The summed E-state index contributed by atoms with van der Waals surface area (Å²) in [6.07, 6.45) is 0. The van der Waals surface area contributed by atoms with Crippen LogP contribution in [0.5, 0.6) is 0 Å². The number of carbonyl (C=O) groups is 2. The fraction of sp³-hybridized carbons (Fsp3) is 0.214. The Kier molecular flexibility index (Phi) is 6.02. The molecular formula is C28H26BrNO3. The lowest BCUT2D eigenvalue weighted by Crippen LogP contribution is -2.29.